The zero-order chi connectivity index (χ0) is 17.1. The van der Waals surface area contributed by atoms with Crippen molar-refractivity contribution < 1.29 is 4.79 Å². The van der Waals surface area contributed by atoms with Gasteiger partial charge in [0.1, 0.15) is 0 Å². The van der Waals surface area contributed by atoms with Gasteiger partial charge in [-0.2, -0.15) is 5.10 Å². The molecule has 2 aromatic heterocycles. The number of hydrogen-bond donors (Lipinski definition) is 2. The van der Waals surface area contributed by atoms with Crippen LogP contribution in [0.1, 0.15) is 35.8 Å². The molecule has 3 heterocycles. The molecule has 1 aliphatic rings. The lowest BCUT2D eigenvalue weighted by Crippen LogP contribution is -2.49. The molecule has 1 atom stereocenters. The first kappa shape index (κ1) is 16.2. The Labute approximate surface area is 139 Å². The number of nitrogens with zero attached hydrogens (tertiary/aromatic N) is 4. The van der Waals surface area contributed by atoms with Gasteiger partial charge in [0.05, 0.1) is 11.3 Å². The molecule has 2 N–H and O–H groups in total. The zero-order valence-electron chi connectivity index (χ0n) is 14.0. The van der Waals surface area contributed by atoms with E-state index in [4.69, 9.17) is 0 Å². The Morgan fingerprint density at radius 2 is 2.33 bits per heavy atom. The van der Waals surface area contributed by atoms with Crippen LogP contribution < -0.4 is 15.8 Å². The predicted molar refractivity (Wildman–Crippen MR) is 90.1 cm³/mol. The predicted octanol–water partition coefficient (Wildman–Crippen LogP) is 0.465. The van der Waals surface area contributed by atoms with E-state index in [1.807, 2.05) is 18.9 Å². The average Bonchev–Trinajstić information content (AvgIpc) is 2.97. The van der Waals surface area contributed by atoms with Gasteiger partial charge in [-0.05, 0) is 19.3 Å². The van der Waals surface area contributed by atoms with Crippen LogP contribution in [0.25, 0.3) is 0 Å². The molecule has 1 aliphatic heterocycles. The minimum Gasteiger partial charge on any atom is -0.350 e. The van der Waals surface area contributed by atoms with Crippen molar-refractivity contribution in [1.29, 1.82) is 0 Å². The third-order valence-electron chi connectivity index (χ3n) is 4.23. The second-order valence-corrected chi connectivity index (χ2v) is 6.02. The van der Waals surface area contributed by atoms with Crippen LogP contribution in [-0.4, -0.2) is 44.8 Å². The van der Waals surface area contributed by atoms with E-state index < -0.39 is 0 Å². The molecule has 0 spiro atoms. The van der Waals surface area contributed by atoms with E-state index in [9.17, 15) is 9.59 Å². The summed E-state index contributed by atoms with van der Waals surface area (Å²) >= 11 is 0. The molecule has 2 aromatic rings. The number of hydrogen-bond acceptors (Lipinski definition) is 5. The van der Waals surface area contributed by atoms with Crippen molar-refractivity contribution >= 4 is 11.7 Å². The number of rotatable bonds is 4. The summed E-state index contributed by atoms with van der Waals surface area (Å²) in [6.07, 6.45) is 7.33. The van der Waals surface area contributed by atoms with E-state index >= 15 is 0 Å². The number of carbonyl (C=O) groups is 1. The monoisotopic (exact) mass is 330 g/mol. The quantitative estimate of drug-likeness (QED) is 0.849. The van der Waals surface area contributed by atoms with E-state index in [0.29, 0.717) is 24.3 Å². The summed E-state index contributed by atoms with van der Waals surface area (Å²) < 4.78 is 1.66. The highest BCUT2D eigenvalue weighted by Gasteiger charge is 2.25. The van der Waals surface area contributed by atoms with Gasteiger partial charge in [-0.3, -0.25) is 14.3 Å². The Morgan fingerprint density at radius 1 is 1.50 bits per heavy atom. The van der Waals surface area contributed by atoms with Crippen LogP contribution in [0.15, 0.2) is 23.4 Å². The maximum atomic E-state index is 12.5. The molecule has 24 heavy (non-hydrogen) atoms. The lowest BCUT2D eigenvalue weighted by molar-refractivity contribution is 0.0932. The molecule has 8 nitrogen and oxygen atoms in total. The summed E-state index contributed by atoms with van der Waals surface area (Å²) in [6, 6.07) is -0.0161. The number of nitrogens with one attached hydrogen (secondary N) is 2. The number of anilines is 1. The van der Waals surface area contributed by atoms with E-state index in [1.54, 1.807) is 17.1 Å². The molecule has 0 radical (unpaired) electrons. The fourth-order valence-electron chi connectivity index (χ4n) is 3.11. The van der Waals surface area contributed by atoms with Crippen LogP contribution in [0.2, 0.25) is 0 Å². The van der Waals surface area contributed by atoms with Crippen LogP contribution in [0.5, 0.6) is 0 Å². The van der Waals surface area contributed by atoms with E-state index in [1.165, 1.54) is 6.20 Å². The standard InChI is InChI=1S/C16H22N6O2/c1-3-13-12(10-21(2)20-13)15(23)19-11-5-4-8-22(9-11)14-16(24)18-7-6-17-14/h6-7,10-11H,3-5,8-9H2,1-2H3,(H,18,24)(H,19,23)/t11-/m0/s1. The molecule has 0 bridgehead atoms. The van der Waals surface area contributed by atoms with E-state index in [2.05, 4.69) is 20.4 Å². The molecule has 128 valence electrons. The lowest BCUT2D eigenvalue weighted by Gasteiger charge is -2.33. The molecular formula is C16H22N6O2. The number of carbonyl (C=O) groups excluding carboxylic acids is 1. The normalized spacial score (nSPS) is 17.8. The van der Waals surface area contributed by atoms with Crippen LogP contribution in [0, 0.1) is 0 Å². The van der Waals surface area contributed by atoms with Crippen molar-refractivity contribution in [3.63, 3.8) is 0 Å². The Balaban J connectivity index is 1.70. The first-order chi connectivity index (χ1) is 11.6. The number of aromatic amines is 1. The fourth-order valence-corrected chi connectivity index (χ4v) is 3.11. The first-order valence-corrected chi connectivity index (χ1v) is 8.20. The molecule has 0 aliphatic carbocycles. The van der Waals surface area contributed by atoms with Gasteiger partial charge in [0.25, 0.3) is 11.5 Å². The fraction of sp³-hybridized carbons (Fsp3) is 0.500. The Bertz CT molecular complexity index is 781. The van der Waals surface area contributed by atoms with Crippen molar-refractivity contribution in [2.45, 2.75) is 32.2 Å². The largest absolute Gasteiger partial charge is 0.350 e. The smallest absolute Gasteiger partial charge is 0.290 e. The van der Waals surface area contributed by atoms with E-state index in [-0.39, 0.29) is 17.5 Å². The zero-order valence-corrected chi connectivity index (χ0v) is 14.0. The highest BCUT2D eigenvalue weighted by atomic mass is 16.2. The minimum atomic E-state index is -0.204. The highest BCUT2D eigenvalue weighted by molar-refractivity contribution is 5.95. The van der Waals surface area contributed by atoms with Gasteiger partial charge in [0.15, 0.2) is 5.82 Å². The van der Waals surface area contributed by atoms with Crippen LogP contribution in [-0.2, 0) is 13.5 Å². The van der Waals surface area contributed by atoms with Gasteiger partial charge in [0, 0.05) is 44.8 Å². The number of H-pyrrole nitrogens is 1. The van der Waals surface area contributed by atoms with Gasteiger partial charge in [-0.15, -0.1) is 0 Å². The molecule has 1 amide bonds. The van der Waals surface area contributed by atoms with Gasteiger partial charge in [-0.1, -0.05) is 6.92 Å². The number of piperidine rings is 1. The lowest BCUT2D eigenvalue weighted by atomic mass is 10.0. The summed E-state index contributed by atoms with van der Waals surface area (Å²) in [5, 5.41) is 7.38. The van der Waals surface area contributed by atoms with Gasteiger partial charge in [-0.25, -0.2) is 4.98 Å². The van der Waals surface area contributed by atoms with E-state index in [0.717, 1.165) is 25.1 Å². The number of amides is 1. The Hall–Kier alpha value is -2.64. The third kappa shape index (κ3) is 3.32. The molecule has 3 rings (SSSR count). The maximum absolute atomic E-state index is 12.5. The summed E-state index contributed by atoms with van der Waals surface area (Å²) in [4.78, 5) is 33.2. The third-order valence-corrected chi connectivity index (χ3v) is 4.23. The van der Waals surface area contributed by atoms with Crippen LogP contribution in [0.3, 0.4) is 0 Å². The molecule has 8 heteroatoms. The van der Waals surface area contributed by atoms with Crippen molar-refractivity contribution in [2.24, 2.45) is 7.05 Å². The summed E-state index contributed by atoms with van der Waals surface area (Å²) in [5.74, 6) is 0.300. The molecule has 1 saturated heterocycles. The first-order valence-electron chi connectivity index (χ1n) is 8.20. The summed E-state index contributed by atoms with van der Waals surface area (Å²) in [7, 11) is 1.81. The average molecular weight is 330 g/mol. The van der Waals surface area contributed by atoms with Crippen molar-refractivity contribution in [3.05, 3.63) is 40.2 Å². The van der Waals surface area contributed by atoms with Crippen LogP contribution in [0.4, 0.5) is 5.82 Å². The van der Waals surface area contributed by atoms with Crippen LogP contribution >= 0.6 is 0 Å². The van der Waals surface area contributed by atoms with Crippen molar-refractivity contribution in [1.82, 2.24) is 25.1 Å². The highest BCUT2D eigenvalue weighted by Crippen LogP contribution is 2.15. The molecular weight excluding hydrogens is 308 g/mol. The second kappa shape index (κ2) is 6.86. The Kier molecular flexibility index (Phi) is 4.64. The topological polar surface area (TPSA) is 95.9 Å². The van der Waals surface area contributed by atoms with Gasteiger partial charge in [0.2, 0.25) is 0 Å². The van der Waals surface area contributed by atoms with Crippen molar-refractivity contribution in [3.8, 4) is 0 Å². The molecule has 0 aromatic carbocycles. The van der Waals surface area contributed by atoms with Gasteiger partial charge < -0.3 is 15.2 Å². The number of aryl methyl sites for hydroxylation is 2. The summed E-state index contributed by atoms with van der Waals surface area (Å²) in [6.45, 7) is 3.32. The minimum absolute atomic E-state index is 0.0161. The Morgan fingerprint density at radius 3 is 3.08 bits per heavy atom. The van der Waals surface area contributed by atoms with Crippen molar-refractivity contribution in [2.75, 3.05) is 18.0 Å². The summed E-state index contributed by atoms with van der Waals surface area (Å²) in [5.41, 5.74) is 1.21. The molecule has 0 unspecified atom stereocenters. The second-order valence-electron chi connectivity index (χ2n) is 6.02. The maximum Gasteiger partial charge on any atom is 0.290 e. The molecule has 1 fully saturated rings. The SMILES string of the molecule is CCc1nn(C)cc1C(=O)N[C@H]1CCCN(c2ncc[nH]c2=O)C1. The number of aromatic nitrogens is 4. The molecule has 0 saturated carbocycles. The van der Waals surface area contributed by atoms with Gasteiger partial charge >= 0.3 is 0 Å².